The minimum absolute atomic E-state index is 0.173. The van der Waals surface area contributed by atoms with Gasteiger partial charge in [-0.25, -0.2) is 0 Å². The monoisotopic (exact) mass is 318 g/mol. The van der Waals surface area contributed by atoms with Crippen molar-refractivity contribution in [1.82, 2.24) is 0 Å². The lowest BCUT2D eigenvalue weighted by molar-refractivity contribution is -0.151. The molecule has 0 spiro atoms. The number of hydrogen-bond acceptors (Lipinski definition) is 2. The molecule has 0 aromatic heterocycles. The second-order valence-corrected chi connectivity index (χ2v) is 9.49. The maximum absolute atomic E-state index is 12.7. The van der Waals surface area contributed by atoms with Gasteiger partial charge in [-0.05, 0) is 93.3 Å². The predicted octanol–water partition coefficient (Wildman–Crippen LogP) is 4.60. The first-order valence-corrected chi connectivity index (χ1v) is 10.2. The van der Waals surface area contributed by atoms with Crippen LogP contribution in [-0.4, -0.2) is 17.5 Å². The van der Waals surface area contributed by atoms with Crippen LogP contribution in [0.15, 0.2) is 0 Å². The predicted molar refractivity (Wildman–Crippen MR) is 91.9 cm³/mol. The van der Waals surface area contributed by atoms with E-state index in [4.69, 9.17) is 0 Å². The summed E-state index contributed by atoms with van der Waals surface area (Å²) < 4.78 is 0. The molecule has 4 aliphatic rings. The van der Waals surface area contributed by atoms with E-state index in [0.29, 0.717) is 17.1 Å². The largest absolute Gasteiger partial charge is 0.396 e. The molecule has 2 nitrogen and oxygen atoms in total. The van der Waals surface area contributed by atoms with Crippen LogP contribution in [0.3, 0.4) is 0 Å². The third-order valence-electron chi connectivity index (χ3n) is 9.14. The standard InChI is InChI=1S/C21H34O2/c1-14(23)21-12-10-18-17(19(21)9-7-16(21)13-22)8-6-15-5-3-4-11-20(15,18)2/h15-19,22H,3-13H2,1-2H3/t15?,16-,17-,18?,19?,20+,21+/m1/s1. The Kier molecular flexibility index (Phi) is 3.91. The average molecular weight is 319 g/mol. The van der Waals surface area contributed by atoms with Gasteiger partial charge in [0.25, 0.3) is 0 Å². The molecule has 0 aromatic carbocycles. The molecule has 0 aromatic rings. The van der Waals surface area contributed by atoms with E-state index in [1.165, 1.54) is 51.4 Å². The Morgan fingerprint density at radius 3 is 2.57 bits per heavy atom. The van der Waals surface area contributed by atoms with E-state index in [1.54, 1.807) is 0 Å². The molecular formula is C21H34O2. The van der Waals surface area contributed by atoms with Gasteiger partial charge in [0.05, 0.1) is 0 Å². The molecule has 4 aliphatic carbocycles. The number of aliphatic hydroxyl groups excluding tert-OH is 1. The van der Waals surface area contributed by atoms with E-state index in [2.05, 4.69) is 6.92 Å². The zero-order valence-corrected chi connectivity index (χ0v) is 15.0. The summed E-state index contributed by atoms with van der Waals surface area (Å²) in [6, 6.07) is 0. The van der Waals surface area contributed by atoms with Crippen LogP contribution in [0.4, 0.5) is 0 Å². The van der Waals surface area contributed by atoms with Gasteiger partial charge < -0.3 is 5.11 Å². The molecule has 130 valence electrons. The van der Waals surface area contributed by atoms with E-state index in [1.807, 2.05) is 6.92 Å². The molecule has 0 aliphatic heterocycles. The van der Waals surface area contributed by atoms with Crippen molar-refractivity contribution in [1.29, 1.82) is 0 Å². The van der Waals surface area contributed by atoms with Crippen LogP contribution in [0.25, 0.3) is 0 Å². The molecule has 4 fully saturated rings. The Balaban J connectivity index is 1.68. The summed E-state index contributed by atoms with van der Waals surface area (Å²) in [6.07, 6.45) is 13.0. The Morgan fingerprint density at radius 2 is 1.83 bits per heavy atom. The summed E-state index contributed by atoms with van der Waals surface area (Å²) in [5, 5.41) is 9.90. The van der Waals surface area contributed by atoms with E-state index in [-0.39, 0.29) is 17.9 Å². The van der Waals surface area contributed by atoms with Gasteiger partial charge in [-0.2, -0.15) is 0 Å². The first kappa shape index (κ1) is 16.1. The summed E-state index contributed by atoms with van der Waals surface area (Å²) >= 11 is 0. The molecule has 0 amide bonds. The summed E-state index contributed by atoms with van der Waals surface area (Å²) in [5.74, 6) is 3.73. The molecular weight excluding hydrogens is 284 g/mol. The molecule has 0 heterocycles. The van der Waals surface area contributed by atoms with Crippen LogP contribution in [0, 0.1) is 40.4 Å². The number of carbonyl (C=O) groups is 1. The van der Waals surface area contributed by atoms with Crippen molar-refractivity contribution >= 4 is 5.78 Å². The second kappa shape index (κ2) is 5.58. The Labute approximate surface area is 141 Å². The first-order valence-electron chi connectivity index (χ1n) is 10.2. The Morgan fingerprint density at radius 1 is 1.00 bits per heavy atom. The molecule has 0 saturated heterocycles. The molecule has 1 N–H and O–H groups in total. The highest BCUT2D eigenvalue weighted by molar-refractivity contribution is 5.83. The average Bonchev–Trinajstić information content (AvgIpc) is 2.94. The number of hydrogen-bond donors (Lipinski definition) is 1. The normalized spacial score (nSPS) is 52.4. The minimum Gasteiger partial charge on any atom is -0.396 e. The van der Waals surface area contributed by atoms with E-state index in [0.717, 1.165) is 30.6 Å². The van der Waals surface area contributed by atoms with Crippen LogP contribution in [-0.2, 0) is 4.79 Å². The van der Waals surface area contributed by atoms with Crippen molar-refractivity contribution in [3.05, 3.63) is 0 Å². The highest BCUT2D eigenvalue weighted by Crippen LogP contribution is 2.67. The van der Waals surface area contributed by atoms with Gasteiger partial charge in [0.2, 0.25) is 0 Å². The lowest BCUT2D eigenvalue weighted by Crippen LogP contribution is -2.55. The topological polar surface area (TPSA) is 37.3 Å². The summed E-state index contributed by atoms with van der Waals surface area (Å²) in [7, 11) is 0. The van der Waals surface area contributed by atoms with Crippen LogP contribution in [0.5, 0.6) is 0 Å². The Hall–Kier alpha value is -0.370. The smallest absolute Gasteiger partial charge is 0.136 e. The van der Waals surface area contributed by atoms with Gasteiger partial charge >= 0.3 is 0 Å². The fourth-order valence-electron chi connectivity index (χ4n) is 8.06. The molecule has 4 rings (SSSR count). The summed E-state index contributed by atoms with van der Waals surface area (Å²) in [6.45, 7) is 4.62. The molecule has 4 saturated carbocycles. The molecule has 7 atom stereocenters. The van der Waals surface area contributed by atoms with Crippen molar-refractivity contribution in [3.63, 3.8) is 0 Å². The lowest BCUT2D eigenvalue weighted by atomic mass is 9.44. The van der Waals surface area contributed by atoms with Gasteiger partial charge in [-0.15, -0.1) is 0 Å². The van der Waals surface area contributed by atoms with Gasteiger partial charge in [-0.1, -0.05) is 19.8 Å². The summed E-state index contributed by atoms with van der Waals surface area (Å²) in [5.41, 5.74) is 0.370. The van der Waals surface area contributed by atoms with Crippen molar-refractivity contribution < 1.29 is 9.90 Å². The van der Waals surface area contributed by atoms with Crippen molar-refractivity contribution in [3.8, 4) is 0 Å². The third kappa shape index (κ3) is 2.06. The number of fused-ring (bicyclic) bond motifs is 5. The first-order chi connectivity index (χ1) is 11.0. The maximum atomic E-state index is 12.7. The highest BCUT2D eigenvalue weighted by Gasteiger charge is 2.62. The quantitative estimate of drug-likeness (QED) is 0.808. The minimum atomic E-state index is -0.173. The number of carbonyl (C=O) groups excluding carboxylic acids is 1. The molecule has 3 unspecified atom stereocenters. The van der Waals surface area contributed by atoms with Crippen molar-refractivity contribution in [2.45, 2.75) is 78.1 Å². The van der Waals surface area contributed by atoms with E-state index in [9.17, 15) is 9.90 Å². The number of Topliss-reactive ketones (excluding diaryl/α,β-unsaturated/α-hetero) is 1. The number of ketones is 1. The SMILES string of the molecule is CC(=O)[C@]12CCC3[C@@H](CCC4CCCC[C@@]43C)C1CC[C@@H]2CO. The molecule has 23 heavy (non-hydrogen) atoms. The molecule has 0 radical (unpaired) electrons. The lowest BCUT2D eigenvalue weighted by Gasteiger charge is -2.60. The van der Waals surface area contributed by atoms with E-state index >= 15 is 0 Å². The van der Waals surface area contributed by atoms with Crippen LogP contribution in [0.1, 0.15) is 78.1 Å². The van der Waals surface area contributed by atoms with Crippen LogP contribution in [0.2, 0.25) is 0 Å². The second-order valence-electron chi connectivity index (χ2n) is 9.49. The highest BCUT2D eigenvalue weighted by atomic mass is 16.3. The third-order valence-corrected chi connectivity index (χ3v) is 9.14. The van der Waals surface area contributed by atoms with Crippen LogP contribution >= 0.6 is 0 Å². The summed E-state index contributed by atoms with van der Waals surface area (Å²) in [4.78, 5) is 12.7. The fourth-order valence-corrected chi connectivity index (χ4v) is 8.06. The van der Waals surface area contributed by atoms with Gasteiger partial charge in [0.1, 0.15) is 5.78 Å². The van der Waals surface area contributed by atoms with E-state index < -0.39 is 0 Å². The number of aliphatic hydroxyl groups is 1. The molecule has 2 heteroatoms. The Bertz CT molecular complexity index is 486. The fraction of sp³-hybridized carbons (Fsp3) is 0.952. The zero-order chi connectivity index (χ0) is 16.2. The van der Waals surface area contributed by atoms with Gasteiger partial charge in [-0.3, -0.25) is 4.79 Å². The van der Waals surface area contributed by atoms with Crippen molar-refractivity contribution in [2.75, 3.05) is 6.61 Å². The zero-order valence-electron chi connectivity index (χ0n) is 15.0. The maximum Gasteiger partial charge on any atom is 0.136 e. The van der Waals surface area contributed by atoms with Crippen LogP contribution < -0.4 is 0 Å². The number of rotatable bonds is 2. The van der Waals surface area contributed by atoms with Gasteiger partial charge in [0.15, 0.2) is 0 Å². The molecule has 0 bridgehead atoms. The van der Waals surface area contributed by atoms with Crippen molar-refractivity contribution in [2.24, 2.45) is 40.4 Å². The van der Waals surface area contributed by atoms with Gasteiger partial charge in [0, 0.05) is 12.0 Å².